The monoisotopic (exact) mass is 447 g/mol. The molecule has 0 bridgehead atoms. The lowest BCUT2D eigenvalue weighted by Crippen LogP contribution is -2.67. The molecule has 3 heterocycles. The van der Waals surface area contributed by atoms with E-state index in [-0.39, 0.29) is 12.3 Å². The molecule has 3 aliphatic rings. The van der Waals surface area contributed by atoms with Gasteiger partial charge in [-0.1, -0.05) is 48.5 Å². The van der Waals surface area contributed by atoms with Crippen LogP contribution >= 0.6 is 0 Å². The third kappa shape index (κ3) is 2.94. The first-order valence-corrected chi connectivity index (χ1v) is 11.0. The number of nitrogens with zero attached hydrogens (tertiary/aromatic N) is 2. The number of hydrogen-bond acceptors (Lipinski definition) is 6. The average Bonchev–Trinajstić information content (AvgIpc) is 3.26. The Labute approximate surface area is 191 Å². The summed E-state index contributed by atoms with van der Waals surface area (Å²) in [6.07, 6.45) is -0.305. The van der Waals surface area contributed by atoms with Crippen molar-refractivity contribution in [2.45, 2.75) is 24.9 Å². The molecule has 3 saturated heterocycles. The number of amides is 3. The fourth-order valence-corrected chi connectivity index (χ4v) is 5.86. The van der Waals surface area contributed by atoms with E-state index in [9.17, 15) is 19.2 Å². The molecule has 0 saturated carbocycles. The summed E-state index contributed by atoms with van der Waals surface area (Å²) in [5.41, 5.74) is 0.620. The Morgan fingerprint density at radius 1 is 1.06 bits per heavy atom. The van der Waals surface area contributed by atoms with E-state index >= 15 is 0 Å². The number of para-hydroxylation sites is 1. The molecule has 0 spiro atoms. The maximum absolute atomic E-state index is 13.9. The van der Waals surface area contributed by atoms with Gasteiger partial charge in [0.25, 0.3) is 0 Å². The van der Waals surface area contributed by atoms with Crippen LogP contribution in [-0.4, -0.2) is 54.3 Å². The summed E-state index contributed by atoms with van der Waals surface area (Å²) in [5, 5.41) is 2.84. The first-order chi connectivity index (χ1) is 15.9. The molecule has 5 rings (SSSR count). The van der Waals surface area contributed by atoms with Crippen LogP contribution in [0.5, 0.6) is 0 Å². The van der Waals surface area contributed by atoms with Crippen molar-refractivity contribution in [2.24, 2.45) is 11.8 Å². The summed E-state index contributed by atoms with van der Waals surface area (Å²) in [7, 11) is 1.26. The predicted molar refractivity (Wildman–Crippen MR) is 119 cm³/mol. The highest BCUT2D eigenvalue weighted by molar-refractivity contribution is 6.25. The van der Waals surface area contributed by atoms with Crippen LogP contribution < -0.4 is 10.2 Å². The number of imide groups is 1. The third-order valence-corrected chi connectivity index (χ3v) is 7.22. The van der Waals surface area contributed by atoms with E-state index in [1.54, 1.807) is 12.1 Å². The van der Waals surface area contributed by atoms with Crippen LogP contribution in [0.4, 0.5) is 5.69 Å². The van der Waals surface area contributed by atoms with Gasteiger partial charge in [-0.05, 0) is 24.1 Å². The van der Waals surface area contributed by atoms with Crippen molar-refractivity contribution in [3.8, 4) is 0 Å². The highest BCUT2D eigenvalue weighted by Gasteiger charge is 2.73. The lowest BCUT2D eigenvalue weighted by atomic mass is 9.76. The van der Waals surface area contributed by atoms with Crippen molar-refractivity contribution in [3.63, 3.8) is 0 Å². The van der Waals surface area contributed by atoms with Crippen molar-refractivity contribution >= 4 is 29.4 Å². The molecule has 2 aromatic carbocycles. The van der Waals surface area contributed by atoms with E-state index in [0.717, 1.165) is 11.1 Å². The summed E-state index contributed by atoms with van der Waals surface area (Å²) in [6, 6.07) is 16.1. The van der Waals surface area contributed by atoms with Gasteiger partial charge in [0, 0.05) is 19.1 Å². The van der Waals surface area contributed by atoms with Crippen molar-refractivity contribution in [1.29, 1.82) is 0 Å². The van der Waals surface area contributed by atoms with Gasteiger partial charge in [-0.25, -0.2) is 4.90 Å². The molecular weight excluding hydrogens is 422 g/mol. The number of hydrogen-bond donors (Lipinski definition) is 1. The number of ether oxygens (including phenoxy) is 1. The summed E-state index contributed by atoms with van der Waals surface area (Å²) < 4.78 is 4.93. The van der Waals surface area contributed by atoms with Gasteiger partial charge in [-0.3, -0.25) is 24.1 Å². The molecule has 8 nitrogen and oxygen atoms in total. The zero-order chi connectivity index (χ0) is 23.3. The number of nitrogens with one attached hydrogen (secondary N) is 1. The van der Waals surface area contributed by atoms with Crippen LogP contribution in [0.2, 0.25) is 0 Å². The van der Waals surface area contributed by atoms with Crippen LogP contribution in [0.3, 0.4) is 0 Å². The molecular formula is C25H25N3O5. The van der Waals surface area contributed by atoms with Gasteiger partial charge in [-0.15, -0.1) is 0 Å². The molecule has 3 aliphatic heterocycles. The van der Waals surface area contributed by atoms with Crippen LogP contribution in [0.15, 0.2) is 54.6 Å². The highest BCUT2D eigenvalue weighted by atomic mass is 16.5. The van der Waals surface area contributed by atoms with Gasteiger partial charge in [0.15, 0.2) is 0 Å². The number of aryl methyl sites for hydroxylation is 1. The molecule has 0 unspecified atom stereocenters. The summed E-state index contributed by atoms with van der Waals surface area (Å²) in [4.78, 5) is 57.0. The van der Waals surface area contributed by atoms with Crippen LogP contribution in [-0.2, 0) is 23.9 Å². The number of benzene rings is 2. The molecule has 0 aromatic heterocycles. The Morgan fingerprint density at radius 2 is 1.76 bits per heavy atom. The molecule has 1 N–H and O–H groups in total. The standard InChI is InChI=1S/C25H25N3O5/c1-15-8-6-7-11-17(15)28-22(30)19-20(23(28)31)25(14-18(29)33-2)24(32)26-12-13-27(25)21(19)16-9-4-3-5-10-16/h3-11,19-21H,12-14H2,1-2H3,(H,26,32)/t19-,20+,21+,25-/m0/s1. The van der Waals surface area contributed by atoms with Gasteiger partial charge in [0.1, 0.15) is 5.54 Å². The third-order valence-electron chi connectivity index (χ3n) is 7.22. The molecule has 2 aromatic rings. The largest absolute Gasteiger partial charge is 0.469 e. The Balaban J connectivity index is 1.72. The molecule has 3 amide bonds. The number of carbonyl (C=O) groups is 4. The fraction of sp³-hybridized carbons (Fsp3) is 0.360. The smallest absolute Gasteiger partial charge is 0.307 e. The zero-order valence-corrected chi connectivity index (χ0v) is 18.5. The van der Waals surface area contributed by atoms with Crippen molar-refractivity contribution in [2.75, 3.05) is 25.1 Å². The number of methoxy groups -OCH3 is 1. The molecule has 170 valence electrons. The van der Waals surface area contributed by atoms with E-state index in [2.05, 4.69) is 5.32 Å². The molecule has 0 radical (unpaired) electrons. The number of rotatable bonds is 4. The van der Waals surface area contributed by atoms with Crippen molar-refractivity contribution < 1.29 is 23.9 Å². The normalized spacial score (nSPS) is 29.0. The Morgan fingerprint density at radius 3 is 2.45 bits per heavy atom. The maximum atomic E-state index is 13.9. The second kappa shape index (κ2) is 7.81. The summed E-state index contributed by atoms with van der Waals surface area (Å²) >= 11 is 0. The molecule has 0 aliphatic carbocycles. The van der Waals surface area contributed by atoms with Gasteiger partial charge in [0.05, 0.1) is 31.1 Å². The topological polar surface area (TPSA) is 96.0 Å². The van der Waals surface area contributed by atoms with Gasteiger partial charge in [-0.2, -0.15) is 0 Å². The maximum Gasteiger partial charge on any atom is 0.307 e. The van der Waals surface area contributed by atoms with Crippen molar-refractivity contribution in [3.05, 3.63) is 65.7 Å². The van der Waals surface area contributed by atoms with E-state index in [1.165, 1.54) is 12.0 Å². The molecule has 4 atom stereocenters. The van der Waals surface area contributed by atoms with Gasteiger partial charge < -0.3 is 10.1 Å². The fourth-order valence-electron chi connectivity index (χ4n) is 5.86. The quantitative estimate of drug-likeness (QED) is 0.565. The highest BCUT2D eigenvalue weighted by Crippen LogP contribution is 2.57. The minimum atomic E-state index is -1.50. The minimum absolute atomic E-state index is 0.305. The second-order valence-electron chi connectivity index (χ2n) is 8.78. The van der Waals surface area contributed by atoms with Crippen LogP contribution in [0.1, 0.15) is 23.6 Å². The Kier molecular flexibility index (Phi) is 5.05. The predicted octanol–water partition coefficient (Wildman–Crippen LogP) is 1.59. The Hall–Kier alpha value is -3.52. The lowest BCUT2D eigenvalue weighted by molar-refractivity contribution is -0.154. The van der Waals surface area contributed by atoms with Crippen molar-refractivity contribution in [1.82, 2.24) is 10.2 Å². The molecule has 33 heavy (non-hydrogen) atoms. The van der Waals surface area contributed by atoms with Crippen LogP contribution in [0.25, 0.3) is 0 Å². The number of fused-ring (bicyclic) bond motifs is 3. The number of piperazine rings is 1. The van der Waals surface area contributed by atoms with E-state index in [4.69, 9.17) is 4.74 Å². The van der Waals surface area contributed by atoms with Gasteiger partial charge in [0.2, 0.25) is 17.7 Å². The first-order valence-electron chi connectivity index (χ1n) is 11.0. The number of esters is 1. The zero-order valence-electron chi connectivity index (χ0n) is 18.5. The summed E-state index contributed by atoms with van der Waals surface area (Å²) in [5.74, 6) is -3.62. The first kappa shape index (κ1) is 21.3. The van der Waals surface area contributed by atoms with E-state index in [1.807, 2.05) is 54.3 Å². The average molecular weight is 447 g/mol. The Bertz CT molecular complexity index is 1150. The molecule has 8 heteroatoms. The lowest BCUT2D eigenvalue weighted by Gasteiger charge is -2.45. The second-order valence-corrected chi connectivity index (χ2v) is 8.78. The number of anilines is 1. The SMILES string of the molecule is COC(=O)C[C@]12C(=O)NCCN1[C@H](c1ccccc1)[C@H]1C(=O)N(c3ccccc3C)C(=O)[C@@H]12. The van der Waals surface area contributed by atoms with E-state index in [0.29, 0.717) is 18.8 Å². The molecule has 3 fully saturated rings. The van der Waals surface area contributed by atoms with E-state index < -0.39 is 41.2 Å². The summed E-state index contributed by atoms with van der Waals surface area (Å²) in [6.45, 7) is 2.62. The minimum Gasteiger partial charge on any atom is -0.469 e. The van der Waals surface area contributed by atoms with Gasteiger partial charge >= 0.3 is 5.97 Å². The van der Waals surface area contributed by atoms with Crippen LogP contribution in [0, 0.1) is 18.8 Å². The number of carbonyl (C=O) groups excluding carboxylic acids is 4.